The quantitative estimate of drug-likeness (QED) is 0.137. The fraction of sp³-hybridized carbons (Fsp3) is 0.659. The minimum atomic E-state index is -1.22. The normalized spacial score (nSPS) is 20.1. The van der Waals surface area contributed by atoms with Gasteiger partial charge in [-0.2, -0.15) is 0 Å². The Morgan fingerprint density at radius 2 is 1.51 bits per heavy atom. The molecule has 0 radical (unpaired) electrons. The molecule has 1 aromatic rings. The summed E-state index contributed by atoms with van der Waals surface area (Å²) in [4.78, 5) is 108. The first-order chi connectivity index (χ1) is 27.1. The van der Waals surface area contributed by atoms with Crippen molar-refractivity contribution in [3.8, 4) is 0 Å². The average molecular weight is 829 g/mol. The van der Waals surface area contributed by atoms with Crippen LogP contribution < -0.4 is 26.6 Å². The van der Waals surface area contributed by atoms with E-state index in [1.165, 1.54) is 13.8 Å². The van der Waals surface area contributed by atoms with Gasteiger partial charge >= 0.3 is 0 Å². The minimum absolute atomic E-state index is 0.0973. The van der Waals surface area contributed by atoms with Gasteiger partial charge in [-0.3, -0.25) is 38.4 Å². The summed E-state index contributed by atoms with van der Waals surface area (Å²) in [5.41, 5.74) is 0.575. The van der Waals surface area contributed by atoms with Crippen LogP contribution in [0.5, 0.6) is 0 Å². The highest BCUT2D eigenvalue weighted by Crippen LogP contribution is 2.50. The van der Waals surface area contributed by atoms with Crippen molar-refractivity contribution >= 4 is 70.5 Å². The smallest absolute Gasteiger partial charge is 0.290 e. The summed E-state index contributed by atoms with van der Waals surface area (Å²) < 4.78 is -0.458. The molecule has 1 aromatic carbocycles. The Hall–Kier alpha value is -3.92. The number of likely N-dealkylation sites (tertiary alicyclic amines) is 1. The van der Waals surface area contributed by atoms with Gasteiger partial charge in [0.1, 0.15) is 24.2 Å². The van der Waals surface area contributed by atoms with E-state index in [9.17, 15) is 38.4 Å². The molecule has 1 spiro atoms. The van der Waals surface area contributed by atoms with Crippen LogP contribution in [-0.2, 0) is 38.4 Å². The first-order valence-corrected chi connectivity index (χ1v) is 22.2. The Labute approximate surface area is 344 Å². The number of hydrogen-bond acceptors (Lipinski definition) is 10. The maximum absolute atomic E-state index is 14.8. The van der Waals surface area contributed by atoms with Gasteiger partial charge in [-0.05, 0) is 67.9 Å². The lowest BCUT2D eigenvalue weighted by Crippen LogP contribution is -2.60. The van der Waals surface area contributed by atoms with E-state index in [4.69, 9.17) is 0 Å². The third kappa shape index (κ3) is 13.0. The zero-order valence-electron chi connectivity index (χ0n) is 33.9. The van der Waals surface area contributed by atoms with Crippen molar-refractivity contribution in [2.45, 2.75) is 133 Å². The van der Waals surface area contributed by atoms with E-state index in [-0.39, 0.29) is 42.4 Å². The van der Waals surface area contributed by atoms with Crippen molar-refractivity contribution in [3.63, 3.8) is 0 Å². The van der Waals surface area contributed by atoms with E-state index in [0.717, 1.165) is 50.0 Å². The number of thioether (sulfide) groups is 2. The van der Waals surface area contributed by atoms with Crippen molar-refractivity contribution in [3.05, 3.63) is 35.9 Å². The van der Waals surface area contributed by atoms with Gasteiger partial charge in [0.2, 0.25) is 35.3 Å². The fourth-order valence-corrected chi connectivity index (χ4v) is 11.2. The van der Waals surface area contributed by atoms with E-state index in [1.807, 2.05) is 20.8 Å². The minimum Gasteiger partial charge on any atom is -0.345 e. The van der Waals surface area contributed by atoms with E-state index < -0.39 is 70.2 Å². The number of amides is 6. The number of rotatable bonds is 18. The Kier molecular flexibility index (Phi) is 17.5. The second-order valence-electron chi connectivity index (χ2n) is 15.8. The van der Waals surface area contributed by atoms with E-state index >= 15 is 0 Å². The summed E-state index contributed by atoms with van der Waals surface area (Å²) in [6.07, 6.45) is 6.58. The van der Waals surface area contributed by atoms with Crippen LogP contribution in [0.1, 0.15) is 110 Å². The zero-order valence-corrected chi connectivity index (χ0v) is 35.5. The second kappa shape index (κ2) is 21.7. The molecule has 16 heteroatoms. The van der Waals surface area contributed by atoms with E-state index in [1.54, 1.807) is 58.8 Å². The van der Waals surface area contributed by atoms with Crippen LogP contribution in [0.25, 0.3) is 0 Å². The molecule has 2 aliphatic heterocycles. The third-order valence-corrected chi connectivity index (χ3v) is 14.0. The Balaban J connectivity index is 1.52. The number of ketones is 2. The van der Waals surface area contributed by atoms with Gasteiger partial charge in [0.25, 0.3) is 5.91 Å². The number of nitrogens with zero attached hydrogens (tertiary/aromatic N) is 1. The summed E-state index contributed by atoms with van der Waals surface area (Å²) in [5.74, 6) is -3.03. The summed E-state index contributed by atoms with van der Waals surface area (Å²) in [7, 11) is 0. The first-order valence-electron chi connectivity index (χ1n) is 20.3. The summed E-state index contributed by atoms with van der Waals surface area (Å²) >= 11 is 3.43. The Morgan fingerprint density at radius 1 is 0.842 bits per heavy atom. The van der Waals surface area contributed by atoms with Crippen LogP contribution in [0.4, 0.5) is 0 Å². The molecule has 0 bridgehead atoms. The molecule has 14 nitrogen and oxygen atoms in total. The predicted molar refractivity (Wildman–Crippen MR) is 221 cm³/mol. The number of carbonyl (C=O) groups is 8. The van der Waals surface area contributed by atoms with Crippen LogP contribution in [0.3, 0.4) is 0 Å². The van der Waals surface area contributed by atoms with E-state index in [2.05, 4.69) is 26.6 Å². The maximum Gasteiger partial charge on any atom is 0.290 e. The number of benzene rings is 1. The van der Waals surface area contributed by atoms with E-state index in [0.29, 0.717) is 24.8 Å². The lowest BCUT2D eigenvalue weighted by atomic mass is 9.83. The first kappa shape index (κ1) is 45.8. The van der Waals surface area contributed by atoms with Crippen molar-refractivity contribution in [1.82, 2.24) is 31.5 Å². The van der Waals surface area contributed by atoms with Gasteiger partial charge in [0, 0.05) is 19.9 Å². The highest BCUT2D eigenvalue weighted by atomic mass is 32.2. The molecule has 2 heterocycles. The molecule has 1 saturated carbocycles. The van der Waals surface area contributed by atoms with Crippen molar-refractivity contribution < 1.29 is 38.4 Å². The zero-order chi connectivity index (χ0) is 41.7. The molecule has 0 aromatic heterocycles. The second-order valence-corrected chi connectivity index (χ2v) is 19.0. The van der Waals surface area contributed by atoms with Crippen LogP contribution in [0.15, 0.2) is 30.3 Å². The summed E-state index contributed by atoms with van der Waals surface area (Å²) in [6, 6.07) is 3.79. The van der Waals surface area contributed by atoms with Gasteiger partial charge in [0.05, 0.1) is 16.7 Å². The standard InChI is InChI=1S/C41H60N6O8S2/c1-6-14-30(36(51)39(54)42-23-33(50)45-34(26(4)48)28-15-9-7-10-16-28)44-38(53)32-22-41(56-19-13-20-57-41)24-47(32)40(55)35(29-17-11-8-12-18-29)46-37(52)31(21-25(2)3)43-27(5)49/h7,9-10,15-16,25,29-32,34-35H,6,8,11-14,17-24H2,1-5H3,(H,42,54)(H,43,49)(H,44,53)(H,45,50)(H,46,52)/t30?,31-,32-,34+,35-/m0/s1. The molecule has 3 fully saturated rings. The molecule has 5 N–H and O–H groups in total. The van der Waals surface area contributed by atoms with Gasteiger partial charge < -0.3 is 31.5 Å². The predicted octanol–water partition coefficient (Wildman–Crippen LogP) is 3.19. The molecule has 57 heavy (non-hydrogen) atoms. The third-order valence-electron chi connectivity index (χ3n) is 10.7. The van der Waals surface area contributed by atoms with Crippen molar-refractivity contribution in [1.29, 1.82) is 0 Å². The van der Waals surface area contributed by atoms with Crippen LogP contribution in [-0.4, -0.2) is 105 Å². The lowest BCUT2D eigenvalue weighted by molar-refractivity contribution is -0.145. The number of nitrogens with one attached hydrogen (secondary N) is 5. The highest BCUT2D eigenvalue weighted by molar-refractivity contribution is 8.18. The molecule has 5 atom stereocenters. The lowest BCUT2D eigenvalue weighted by Gasteiger charge is -2.36. The maximum atomic E-state index is 14.8. The number of carbonyl (C=O) groups excluding carboxylic acids is 8. The molecule has 1 aliphatic carbocycles. The Bertz CT molecular complexity index is 1610. The van der Waals surface area contributed by atoms with Crippen LogP contribution >= 0.6 is 23.5 Å². The molecule has 1 unspecified atom stereocenters. The van der Waals surface area contributed by atoms with Gasteiger partial charge in [0.15, 0.2) is 5.78 Å². The topological polar surface area (TPSA) is 200 Å². The molecule has 2 saturated heterocycles. The SMILES string of the molecule is CCCC(NC(=O)[C@@H]1CC2(CN1C(=O)[C@@H](NC(=O)[C@H](CC(C)C)NC(C)=O)C1CCCCC1)SCCCS2)C(=O)C(=O)NCC(=O)N[C@H](C(C)=O)c1ccccc1. The largest absolute Gasteiger partial charge is 0.345 e. The molecule has 6 amide bonds. The molecule has 3 aliphatic rings. The average Bonchev–Trinajstić information content (AvgIpc) is 3.55. The molecule has 4 rings (SSSR count). The van der Waals surface area contributed by atoms with Crippen molar-refractivity contribution in [2.75, 3.05) is 24.6 Å². The van der Waals surface area contributed by atoms with Gasteiger partial charge in [-0.1, -0.05) is 76.8 Å². The molecular formula is C41H60N6O8S2. The number of Topliss-reactive ketones (excluding diaryl/α,β-unsaturated/α-hetero) is 2. The Morgan fingerprint density at radius 3 is 2.11 bits per heavy atom. The molecular weight excluding hydrogens is 769 g/mol. The van der Waals surface area contributed by atoms with Crippen LogP contribution in [0.2, 0.25) is 0 Å². The van der Waals surface area contributed by atoms with Gasteiger partial charge in [-0.25, -0.2) is 0 Å². The summed E-state index contributed by atoms with van der Waals surface area (Å²) in [6.45, 7) is 8.11. The highest BCUT2D eigenvalue weighted by Gasteiger charge is 2.52. The molecule has 314 valence electrons. The fourth-order valence-electron chi connectivity index (χ4n) is 7.87. The van der Waals surface area contributed by atoms with Crippen LogP contribution in [0, 0.1) is 11.8 Å². The van der Waals surface area contributed by atoms with Crippen molar-refractivity contribution in [2.24, 2.45) is 11.8 Å². The van der Waals surface area contributed by atoms with Gasteiger partial charge in [-0.15, -0.1) is 23.5 Å². The monoisotopic (exact) mass is 828 g/mol. The summed E-state index contributed by atoms with van der Waals surface area (Å²) in [5, 5.41) is 13.5. The number of hydrogen-bond donors (Lipinski definition) is 5.